The minimum absolute atomic E-state index is 0.0596. The SMILES string of the molecule is CSC(C)(C)CNS(=O)(=O)c1c(C)oc(C)c1CO. The highest BCUT2D eigenvalue weighted by atomic mass is 32.2. The van der Waals surface area contributed by atoms with Gasteiger partial charge in [0.1, 0.15) is 16.4 Å². The van der Waals surface area contributed by atoms with Crippen molar-refractivity contribution in [3.63, 3.8) is 0 Å². The number of nitrogens with one attached hydrogen (secondary N) is 1. The molecule has 0 aliphatic rings. The molecular formula is C12H21NO4S2. The van der Waals surface area contributed by atoms with Gasteiger partial charge in [0, 0.05) is 16.9 Å². The predicted octanol–water partition coefficient (Wildman–Crippen LogP) is 1.81. The summed E-state index contributed by atoms with van der Waals surface area (Å²) in [6, 6.07) is 0. The first-order valence-electron chi connectivity index (χ1n) is 5.89. The average molecular weight is 307 g/mol. The van der Waals surface area contributed by atoms with Crippen LogP contribution in [0.4, 0.5) is 0 Å². The van der Waals surface area contributed by atoms with E-state index in [-0.39, 0.29) is 16.2 Å². The monoisotopic (exact) mass is 307 g/mol. The summed E-state index contributed by atoms with van der Waals surface area (Å²) in [4.78, 5) is 0.0596. The summed E-state index contributed by atoms with van der Waals surface area (Å²) in [5.41, 5.74) is 0.326. The fourth-order valence-corrected chi connectivity index (χ4v) is 3.61. The Balaban J connectivity index is 3.08. The Morgan fingerprint density at radius 3 is 2.37 bits per heavy atom. The van der Waals surface area contributed by atoms with Gasteiger partial charge in [-0.05, 0) is 34.0 Å². The van der Waals surface area contributed by atoms with Crippen molar-refractivity contribution >= 4 is 21.8 Å². The summed E-state index contributed by atoms with van der Waals surface area (Å²) in [5.74, 6) is 0.737. The van der Waals surface area contributed by atoms with E-state index < -0.39 is 10.0 Å². The first kappa shape index (κ1) is 16.6. The van der Waals surface area contributed by atoms with E-state index in [1.807, 2.05) is 20.1 Å². The lowest BCUT2D eigenvalue weighted by Crippen LogP contribution is -2.36. The molecular weight excluding hydrogens is 286 g/mol. The van der Waals surface area contributed by atoms with Crippen molar-refractivity contribution < 1.29 is 17.9 Å². The van der Waals surface area contributed by atoms with Crippen LogP contribution in [-0.4, -0.2) is 31.1 Å². The van der Waals surface area contributed by atoms with Gasteiger partial charge in [0.05, 0.1) is 6.61 Å². The summed E-state index contributed by atoms with van der Waals surface area (Å²) in [6.07, 6.45) is 1.93. The van der Waals surface area contributed by atoms with Crippen LogP contribution in [-0.2, 0) is 16.6 Å². The van der Waals surface area contributed by atoms with Gasteiger partial charge in [0.25, 0.3) is 0 Å². The Bertz CT molecular complexity index is 546. The Labute approximate surface area is 118 Å². The molecule has 2 N–H and O–H groups in total. The molecule has 0 atom stereocenters. The van der Waals surface area contributed by atoms with Crippen LogP contribution in [0.3, 0.4) is 0 Å². The second-order valence-corrected chi connectivity index (χ2v) is 8.19. The van der Waals surface area contributed by atoms with Gasteiger partial charge in [0.15, 0.2) is 0 Å². The highest BCUT2D eigenvalue weighted by molar-refractivity contribution is 8.00. The second-order valence-electron chi connectivity index (χ2n) is 4.97. The molecule has 0 bridgehead atoms. The van der Waals surface area contributed by atoms with Gasteiger partial charge in [-0.3, -0.25) is 0 Å². The Morgan fingerprint density at radius 1 is 1.32 bits per heavy atom. The number of aryl methyl sites for hydroxylation is 2. The lowest BCUT2D eigenvalue weighted by Gasteiger charge is -2.22. The lowest BCUT2D eigenvalue weighted by molar-refractivity contribution is 0.276. The number of thioether (sulfide) groups is 1. The molecule has 7 heteroatoms. The molecule has 0 aliphatic heterocycles. The smallest absolute Gasteiger partial charge is 0.244 e. The van der Waals surface area contributed by atoms with E-state index in [1.54, 1.807) is 25.6 Å². The van der Waals surface area contributed by atoms with Crippen molar-refractivity contribution in [3.05, 3.63) is 17.1 Å². The van der Waals surface area contributed by atoms with E-state index in [1.165, 1.54) is 0 Å². The summed E-state index contributed by atoms with van der Waals surface area (Å²) in [7, 11) is -3.67. The molecule has 0 aromatic carbocycles. The lowest BCUT2D eigenvalue weighted by atomic mass is 10.2. The maximum Gasteiger partial charge on any atom is 0.244 e. The van der Waals surface area contributed by atoms with E-state index in [4.69, 9.17) is 4.42 Å². The molecule has 0 aliphatic carbocycles. The average Bonchev–Trinajstić information content (AvgIpc) is 2.62. The van der Waals surface area contributed by atoms with Crippen LogP contribution in [0.25, 0.3) is 0 Å². The van der Waals surface area contributed by atoms with E-state index in [9.17, 15) is 13.5 Å². The molecule has 110 valence electrons. The molecule has 19 heavy (non-hydrogen) atoms. The van der Waals surface area contributed by atoms with Gasteiger partial charge in [0.2, 0.25) is 10.0 Å². The zero-order valence-corrected chi connectivity index (χ0v) is 13.5. The summed E-state index contributed by atoms with van der Waals surface area (Å²) in [6.45, 7) is 7.10. The van der Waals surface area contributed by atoms with E-state index in [2.05, 4.69) is 4.72 Å². The summed E-state index contributed by atoms with van der Waals surface area (Å²) >= 11 is 1.58. The van der Waals surface area contributed by atoms with Gasteiger partial charge in [-0.2, -0.15) is 11.8 Å². The van der Waals surface area contributed by atoms with Crippen molar-refractivity contribution in [2.24, 2.45) is 0 Å². The molecule has 1 aromatic rings. The number of furan rings is 1. The maximum absolute atomic E-state index is 12.3. The van der Waals surface area contributed by atoms with Gasteiger partial charge in [-0.25, -0.2) is 13.1 Å². The third kappa shape index (κ3) is 3.75. The minimum Gasteiger partial charge on any atom is -0.465 e. The standard InChI is InChI=1S/C12H21NO4S2/c1-8-10(6-14)11(9(2)17-8)19(15,16)13-7-12(3,4)18-5/h13-14H,6-7H2,1-5H3. The highest BCUT2D eigenvalue weighted by Gasteiger charge is 2.28. The van der Waals surface area contributed by atoms with Crippen molar-refractivity contribution in [3.8, 4) is 0 Å². The molecule has 0 spiro atoms. The molecule has 0 amide bonds. The van der Waals surface area contributed by atoms with Crippen LogP contribution in [0.2, 0.25) is 0 Å². The fraction of sp³-hybridized carbons (Fsp3) is 0.667. The normalized spacial score (nSPS) is 12.9. The highest BCUT2D eigenvalue weighted by Crippen LogP contribution is 2.27. The van der Waals surface area contributed by atoms with Crippen LogP contribution >= 0.6 is 11.8 Å². The van der Waals surface area contributed by atoms with Gasteiger partial charge >= 0.3 is 0 Å². The maximum atomic E-state index is 12.3. The molecule has 0 saturated carbocycles. The third-order valence-electron chi connectivity index (χ3n) is 2.99. The van der Waals surface area contributed by atoms with Crippen LogP contribution in [0.15, 0.2) is 9.31 Å². The number of sulfonamides is 1. The van der Waals surface area contributed by atoms with Crippen molar-refractivity contribution in [1.82, 2.24) is 4.72 Å². The Hall–Kier alpha value is -0.500. The Morgan fingerprint density at radius 2 is 1.89 bits per heavy atom. The largest absolute Gasteiger partial charge is 0.465 e. The van der Waals surface area contributed by atoms with E-state index in [0.717, 1.165) is 0 Å². The fourth-order valence-electron chi connectivity index (χ4n) is 1.66. The van der Waals surface area contributed by atoms with Crippen LogP contribution in [0, 0.1) is 13.8 Å². The van der Waals surface area contributed by atoms with Crippen LogP contribution in [0.5, 0.6) is 0 Å². The van der Waals surface area contributed by atoms with Crippen LogP contribution < -0.4 is 4.72 Å². The topological polar surface area (TPSA) is 79.5 Å². The number of aliphatic hydroxyl groups excluding tert-OH is 1. The van der Waals surface area contributed by atoms with E-state index >= 15 is 0 Å². The predicted molar refractivity (Wildman–Crippen MR) is 76.9 cm³/mol. The van der Waals surface area contributed by atoms with Gasteiger partial charge < -0.3 is 9.52 Å². The van der Waals surface area contributed by atoms with Crippen molar-refractivity contribution in [1.29, 1.82) is 0 Å². The first-order chi connectivity index (χ1) is 8.64. The molecule has 1 rings (SSSR count). The molecule has 1 heterocycles. The van der Waals surface area contributed by atoms with Gasteiger partial charge in [-0.15, -0.1) is 0 Å². The summed E-state index contributed by atoms with van der Waals surface area (Å²) < 4.78 is 32.3. The minimum atomic E-state index is -3.67. The number of hydrogen-bond acceptors (Lipinski definition) is 5. The molecule has 1 aromatic heterocycles. The van der Waals surface area contributed by atoms with Crippen LogP contribution in [0.1, 0.15) is 30.9 Å². The molecule has 0 unspecified atom stereocenters. The molecule has 0 fully saturated rings. The number of rotatable bonds is 6. The molecule has 5 nitrogen and oxygen atoms in total. The first-order valence-corrected chi connectivity index (χ1v) is 8.60. The zero-order chi connectivity index (χ0) is 14.8. The molecule has 0 radical (unpaired) electrons. The molecule has 0 saturated heterocycles. The third-order valence-corrected chi connectivity index (χ3v) is 5.84. The quantitative estimate of drug-likeness (QED) is 0.838. The van der Waals surface area contributed by atoms with Crippen molar-refractivity contribution in [2.75, 3.05) is 12.8 Å². The second kappa shape index (κ2) is 5.87. The number of hydrogen-bond donors (Lipinski definition) is 2. The number of aliphatic hydroxyl groups is 1. The van der Waals surface area contributed by atoms with Gasteiger partial charge in [-0.1, -0.05) is 0 Å². The van der Waals surface area contributed by atoms with E-state index in [0.29, 0.717) is 23.6 Å². The summed E-state index contributed by atoms with van der Waals surface area (Å²) in [5, 5.41) is 9.29. The Kier molecular flexibility index (Phi) is 5.11. The zero-order valence-electron chi connectivity index (χ0n) is 11.9. The van der Waals surface area contributed by atoms with Crippen molar-refractivity contribution in [2.45, 2.75) is 43.9 Å².